The third-order valence-electron chi connectivity index (χ3n) is 2.24. The van der Waals surface area contributed by atoms with Gasteiger partial charge in [0.05, 0.1) is 23.2 Å². The second-order valence-corrected chi connectivity index (χ2v) is 5.71. The van der Waals surface area contributed by atoms with E-state index in [0.717, 1.165) is 0 Å². The number of carbonyl (C=O) groups excluding carboxylic acids is 1. The highest BCUT2D eigenvalue weighted by Crippen LogP contribution is 2.11. The molecule has 0 aliphatic rings. The number of benzene rings is 1. The predicted molar refractivity (Wildman–Crippen MR) is 69.3 cm³/mol. The highest BCUT2D eigenvalue weighted by atomic mass is 32.2. The van der Waals surface area contributed by atoms with E-state index >= 15 is 0 Å². The molecule has 0 aliphatic carbocycles. The van der Waals surface area contributed by atoms with Crippen molar-refractivity contribution in [1.82, 2.24) is 4.72 Å². The van der Waals surface area contributed by atoms with E-state index in [1.165, 1.54) is 31.2 Å². The van der Waals surface area contributed by atoms with Crippen molar-refractivity contribution < 1.29 is 23.1 Å². The van der Waals surface area contributed by atoms with Gasteiger partial charge < -0.3 is 9.84 Å². The number of hydrogen-bond acceptors (Lipinski definition) is 5. The summed E-state index contributed by atoms with van der Waals surface area (Å²) in [6.45, 7) is 3.36. The Bertz CT molecular complexity index is 522. The van der Waals surface area contributed by atoms with Gasteiger partial charge in [-0.2, -0.15) is 0 Å². The van der Waals surface area contributed by atoms with Crippen molar-refractivity contribution in [1.29, 1.82) is 0 Å². The Labute approximate surface area is 112 Å². The third kappa shape index (κ3) is 4.62. The second-order valence-electron chi connectivity index (χ2n) is 3.95. The van der Waals surface area contributed by atoms with Crippen LogP contribution in [0.25, 0.3) is 0 Å². The number of esters is 1. The summed E-state index contributed by atoms with van der Waals surface area (Å²) in [6, 6.07) is 5.40. The van der Waals surface area contributed by atoms with Gasteiger partial charge in [0.25, 0.3) is 0 Å². The van der Waals surface area contributed by atoms with E-state index in [9.17, 15) is 13.2 Å². The zero-order chi connectivity index (χ0) is 14.5. The molecule has 0 aromatic heterocycles. The fourth-order valence-electron chi connectivity index (χ4n) is 1.30. The number of hydrogen-bond donors (Lipinski definition) is 2. The van der Waals surface area contributed by atoms with Crippen LogP contribution in [0.3, 0.4) is 0 Å². The maximum Gasteiger partial charge on any atom is 0.338 e. The molecular formula is C12H17NO5S. The van der Waals surface area contributed by atoms with Gasteiger partial charge in [-0.3, -0.25) is 0 Å². The molecule has 0 unspecified atom stereocenters. The van der Waals surface area contributed by atoms with Crippen molar-refractivity contribution in [3.05, 3.63) is 29.8 Å². The van der Waals surface area contributed by atoms with Crippen LogP contribution in [-0.4, -0.2) is 38.7 Å². The number of ether oxygens (including phenoxy) is 1. The molecule has 0 radical (unpaired) electrons. The number of aliphatic hydroxyl groups excluding tert-OH is 1. The van der Waals surface area contributed by atoms with Crippen molar-refractivity contribution >= 4 is 16.0 Å². The molecule has 1 aromatic carbocycles. The van der Waals surface area contributed by atoms with Crippen LogP contribution in [0.4, 0.5) is 0 Å². The first-order chi connectivity index (χ1) is 8.86. The summed E-state index contributed by atoms with van der Waals surface area (Å²) in [6.07, 6.45) is -0.770. The predicted octanol–water partition coefficient (Wildman–Crippen LogP) is 0.522. The first-order valence-corrected chi connectivity index (χ1v) is 7.30. The number of nitrogens with one attached hydrogen (secondary N) is 1. The molecular weight excluding hydrogens is 270 g/mol. The fourth-order valence-corrected chi connectivity index (χ4v) is 2.42. The van der Waals surface area contributed by atoms with Gasteiger partial charge in [0.15, 0.2) is 0 Å². The van der Waals surface area contributed by atoms with Crippen LogP contribution in [0, 0.1) is 0 Å². The number of carbonyl (C=O) groups is 1. The summed E-state index contributed by atoms with van der Waals surface area (Å²) in [4.78, 5) is 11.4. The average molecular weight is 287 g/mol. The Morgan fingerprint density at radius 1 is 1.37 bits per heavy atom. The quantitative estimate of drug-likeness (QED) is 0.744. The number of sulfonamides is 1. The van der Waals surface area contributed by atoms with Crippen LogP contribution in [0.5, 0.6) is 0 Å². The summed E-state index contributed by atoms with van der Waals surface area (Å²) in [5, 5.41) is 9.05. The topological polar surface area (TPSA) is 92.7 Å². The van der Waals surface area contributed by atoms with Gasteiger partial charge in [-0.1, -0.05) is 0 Å². The van der Waals surface area contributed by atoms with E-state index in [0.29, 0.717) is 0 Å². The van der Waals surface area contributed by atoms with E-state index in [1.807, 2.05) is 0 Å². The maximum atomic E-state index is 11.8. The summed E-state index contributed by atoms with van der Waals surface area (Å²) in [5.41, 5.74) is 0.288. The SMILES string of the molecule is CCOC(=O)c1ccc(S(=O)(=O)NC[C@H](C)O)cc1. The van der Waals surface area contributed by atoms with Gasteiger partial charge >= 0.3 is 5.97 Å². The Hall–Kier alpha value is -1.44. The Morgan fingerprint density at radius 2 is 1.95 bits per heavy atom. The van der Waals surface area contributed by atoms with Crippen LogP contribution in [-0.2, 0) is 14.8 Å². The van der Waals surface area contributed by atoms with E-state index < -0.39 is 22.1 Å². The zero-order valence-corrected chi connectivity index (χ0v) is 11.6. The minimum absolute atomic E-state index is 0.0289. The van der Waals surface area contributed by atoms with Crippen molar-refractivity contribution in [2.75, 3.05) is 13.2 Å². The van der Waals surface area contributed by atoms with Crippen molar-refractivity contribution in [2.45, 2.75) is 24.8 Å². The highest BCUT2D eigenvalue weighted by molar-refractivity contribution is 7.89. The van der Waals surface area contributed by atoms with Gasteiger partial charge in [0, 0.05) is 6.54 Å². The van der Waals surface area contributed by atoms with Gasteiger partial charge in [0.2, 0.25) is 10.0 Å². The van der Waals surface area contributed by atoms with Gasteiger partial charge in [0.1, 0.15) is 0 Å². The molecule has 0 bridgehead atoms. The van der Waals surface area contributed by atoms with Crippen LogP contribution in [0.15, 0.2) is 29.2 Å². The van der Waals surface area contributed by atoms with Crippen molar-refractivity contribution in [3.63, 3.8) is 0 Å². The Kier molecular flexibility index (Phi) is 5.46. The molecule has 1 rings (SSSR count). The molecule has 0 saturated heterocycles. The maximum absolute atomic E-state index is 11.8. The minimum Gasteiger partial charge on any atom is -0.462 e. The fraction of sp³-hybridized carbons (Fsp3) is 0.417. The molecule has 0 spiro atoms. The first-order valence-electron chi connectivity index (χ1n) is 5.81. The van der Waals surface area contributed by atoms with Crippen LogP contribution >= 0.6 is 0 Å². The minimum atomic E-state index is -3.67. The van der Waals surface area contributed by atoms with Crippen LogP contribution in [0.2, 0.25) is 0 Å². The lowest BCUT2D eigenvalue weighted by molar-refractivity contribution is 0.0526. The summed E-state index contributed by atoms with van der Waals surface area (Å²) < 4.78 is 30.7. The molecule has 0 heterocycles. The molecule has 1 aromatic rings. The lowest BCUT2D eigenvalue weighted by Gasteiger charge is -2.08. The molecule has 2 N–H and O–H groups in total. The van der Waals surface area contributed by atoms with Crippen LogP contribution in [0.1, 0.15) is 24.2 Å². The molecule has 0 aliphatic heterocycles. The smallest absolute Gasteiger partial charge is 0.338 e. The monoisotopic (exact) mass is 287 g/mol. The largest absolute Gasteiger partial charge is 0.462 e. The van der Waals surface area contributed by atoms with Gasteiger partial charge in [-0.25, -0.2) is 17.9 Å². The summed E-state index contributed by atoms with van der Waals surface area (Å²) in [5.74, 6) is -0.497. The second kappa shape index (κ2) is 6.65. The molecule has 7 heteroatoms. The highest BCUT2D eigenvalue weighted by Gasteiger charge is 2.15. The Balaban J connectivity index is 2.83. The normalized spacial score (nSPS) is 13.0. The van der Waals surface area contributed by atoms with E-state index in [-0.39, 0.29) is 23.6 Å². The molecule has 19 heavy (non-hydrogen) atoms. The summed E-state index contributed by atoms with van der Waals surface area (Å²) >= 11 is 0. The lowest BCUT2D eigenvalue weighted by atomic mass is 10.2. The van der Waals surface area contributed by atoms with Crippen molar-refractivity contribution in [3.8, 4) is 0 Å². The number of aliphatic hydroxyl groups is 1. The third-order valence-corrected chi connectivity index (χ3v) is 3.68. The van der Waals surface area contributed by atoms with E-state index in [2.05, 4.69) is 4.72 Å². The lowest BCUT2D eigenvalue weighted by Crippen LogP contribution is -2.30. The average Bonchev–Trinajstić information content (AvgIpc) is 2.37. The standard InChI is InChI=1S/C12H17NO5S/c1-3-18-12(15)10-4-6-11(7-5-10)19(16,17)13-8-9(2)14/h4-7,9,13-14H,3,8H2,1-2H3/t9-/m0/s1. The Morgan fingerprint density at radius 3 is 2.42 bits per heavy atom. The van der Waals surface area contributed by atoms with E-state index in [4.69, 9.17) is 9.84 Å². The van der Waals surface area contributed by atoms with E-state index in [1.54, 1.807) is 6.92 Å². The molecule has 0 saturated carbocycles. The van der Waals surface area contributed by atoms with Gasteiger partial charge in [-0.05, 0) is 38.1 Å². The molecule has 6 nitrogen and oxygen atoms in total. The van der Waals surface area contributed by atoms with Crippen molar-refractivity contribution in [2.24, 2.45) is 0 Å². The van der Waals surface area contributed by atoms with Crippen LogP contribution < -0.4 is 4.72 Å². The number of rotatable bonds is 6. The first kappa shape index (κ1) is 15.6. The molecule has 106 valence electrons. The molecule has 0 amide bonds. The van der Waals surface area contributed by atoms with Gasteiger partial charge in [-0.15, -0.1) is 0 Å². The molecule has 0 fully saturated rings. The summed E-state index contributed by atoms with van der Waals surface area (Å²) in [7, 11) is -3.67. The molecule has 1 atom stereocenters. The zero-order valence-electron chi connectivity index (χ0n) is 10.8.